The van der Waals surface area contributed by atoms with Crippen LogP contribution in [0.2, 0.25) is 0 Å². The zero-order chi connectivity index (χ0) is 12.6. The molecule has 0 spiro atoms. The molecule has 2 N–H and O–H groups in total. The number of carboxylic acid groups (broad SMARTS) is 2. The molecule has 5 nitrogen and oxygen atoms in total. The van der Waals surface area contributed by atoms with Crippen molar-refractivity contribution in [1.82, 2.24) is 4.90 Å². The highest BCUT2D eigenvalue weighted by atomic mass is 32.2. The summed E-state index contributed by atoms with van der Waals surface area (Å²) in [6, 6.07) is 0. The van der Waals surface area contributed by atoms with Gasteiger partial charge in [-0.2, -0.15) is 0 Å². The van der Waals surface area contributed by atoms with Crippen LogP contribution in [0.3, 0.4) is 0 Å². The highest BCUT2D eigenvalue weighted by Crippen LogP contribution is 2.17. The van der Waals surface area contributed by atoms with Crippen LogP contribution in [0.1, 0.15) is 33.1 Å². The number of carbonyl (C=O) groups is 2. The Morgan fingerprint density at radius 3 is 2.25 bits per heavy atom. The Balaban J connectivity index is 4.45. The van der Waals surface area contributed by atoms with Gasteiger partial charge in [0, 0.05) is 6.54 Å². The van der Waals surface area contributed by atoms with Crippen LogP contribution in [-0.4, -0.2) is 44.8 Å². The lowest BCUT2D eigenvalue weighted by Crippen LogP contribution is -2.43. The number of aliphatic carboxylic acids is 1. The van der Waals surface area contributed by atoms with Gasteiger partial charge in [0.25, 0.3) is 0 Å². The highest BCUT2D eigenvalue weighted by Gasteiger charge is 2.28. The summed E-state index contributed by atoms with van der Waals surface area (Å²) < 4.78 is 0. The van der Waals surface area contributed by atoms with Gasteiger partial charge in [0.15, 0.2) is 5.37 Å². The van der Waals surface area contributed by atoms with Crippen LogP contribution in [0.25, 0.3) is 0 Å². The maximum absolute atomic E-state index is 11.0. The number of amides is 1. The molecule has 0 aromatic heterocycles. The van der Waals surface area contributed by atoms with Gasteiger partial charge in [-0.1, -0.05) is 26.7 Å². The first-order valence-electron chi connectivity index (χ1n) is 5.38. The van der Waals surface area contributed by atoms with Crippen LogP contribution in [0.15, 0.2) is 0 Å². The van der Waals surface area contributed by atoms with Crippen LogP contribution < -0.4 is 0 Å². The van der Waals surface area contributed by atoms with Gasteiger partial charge in [0.2, 0.25) is 0 Å². The van der Waals surface area contributed by atoms with Crippen molar-refractivity contribution in [2.45, 2.75) is 38.5 Å². The number of hydrogen-bond acceptors (Lipinski definition) is 3. The maximum atomic E-state index is 11.0. The second kappa shape index (κ2) is 8.27. The van der Waals surface area contributed by atoms with E-state index in [1.54, 1.807) is 0 Å². The van der Waals surface area contributed by atoms with Crippen molar-refractivity contribution in [3.8, 4) is 0 Å². The smallest absolute Gasteiger partial charge is 0.408 e. The third-order valence-electron chi connectivity index (χ3n) is 2.07. The molecule has 16 heavy (non-hydrogen) atoms. The molecule has 0 aliphatic rings. The second-order valence-corrected chi connectivity index (χ2v) is 4.69. The summed E-state index contributed by atoms with van der Waals surface area (Å²) in [4.78, 5) is 22.9. The van der Waals surface area contributed by atoms with E-state index < -0.39 is 17.4 Å². The van der Waals surface area contributed by atoms with E-state index in [1.807, 2.05) is 13.8 Å². The molecule has 0 heterocycles. The van der Waals surface area contributed by atoms with Crippen LogP contribution in [0.4, 0.5) is 4.79 Å². The van der Waals surface area contributed by atoms with Crippen LogP contribution in [0.5, 0.6) is 0 Å². The number of carboxylic acids is 1. The fourth-order valence-electron chi connectivity index (χ4n) is 1.30. The first kappa shape index (κ1) is 15.1. The van der Waals surface area contributed by atoms with E-state index in [-0.39, 0.29) is 6.54 Å². The zero-order valence-electron chi connectivity index (χ0n) is 9.68. The highest BCUT2D eigenvalue weighted by molar-refractivity contribution is 8.00. The first-order valence-corrected chi connectivity index (χ1v) is 6.43. The average molecular weight is 249 g/mol. The Kier molecular flexibility index (Phi) is 7.80. The summed E-state index contributed by atoms with van der Waals surface area (Å²) in [5, 5.41) is 16.9. The maximum Gasteiger partial charge on any atom is 0.408 e. The number of unbranched alkanes of at least 4 members (excludes halogenated alkanes) is 2. The Bertz CT molecular complexity index is 235. The lowest BCUT2D eigenvalue weighted by atomic mass is 10.2. The molecule has 0 saturated carbocycles. The van der Waals surface area contributed by atoms with E-state index in [4.69, 9.17) is 10.2 Å². The lowest BCUT2D eigenvalue weighted by Gasteiger charge is -2.25. The monoisotopic (exact) mass is 249 g/mol. The fraction of sp³-hybridized carbons (Fsp3) is 0.800. The van der Waals surface area contributed by atoms with Gasteiger partial charge in [0.05, 0.1) is 0 Å². The zero-order valence-corrected chi connectivity index (χ0v) is 10.5. The molecule has 94 valence electrons. The molecule has 1 unspecified atom stereocenters. The Morgan fingerprint density at radius 2 is 1.88 bits per heavy atom. The van der Waals surface area contributed by atoms with Crippen molar-refractivity contribution in [3.63, 3.8) is 0 Å². The molecule has 0 bridgehead atoms. The van der Waals surface area contributed by atoms with E-state index >= 15 is 0 Å². The van der Waals surface area contributed by atoms with E-state index in [0.29, 0.717) is 12.2 Å². The minimum absolute atomic E-state index is 0.285. The molecule has 1 amide bonds. The molecule has 0 aliphatic heterocycles. The van der Waals surface area contributed by atoms with Gasteiger partial charge < -0.3 is 10.2 Å². The van der Waals surface area contributed by atoms with Crippen molar-refractivity contribution in [3.05, 3.63) is 0 Å². The van der Waals surface area contributed by atoms with Crippen LogP contribution >= 0.6 is 11.8 Å². The minimum atomic E-state index is -1.16. The molecule has 0 aromatic carbocycles. The van der Waals surface area contributed by atoms with E-state index in [9.17, 15) is 9.59 Å². The van der Waals surface area contributed by atoms with Crippen molar-refractivity contribution in [1.29, 1.82) is 0 Å². The molecule has 6 heteroatoms. The van der Waals surface area contributed by atoms with Crippen LogP contribution in [-0.2, 0) is 4.79 Å². The van der Waals surface area contributed by atoms with Gasteiger partial charge in [-0.15, -0.1) is 11.8 Å². The third-order valence-corrected chi connectivity index (χ3v) is 3.17. The van der Waals surface area contributed by atoms with E-state index in [2.05, 4.69) is 0 Å². The van der Waals surface area contributed by atoms with Crippen molar-refractivity contribution in [2.24, 2.45) is 0 Å². The van der Waals surface area contributed by atoms with Crippen molar-refractivity contribution in [2.75, 3.05) is 12.3 Å². The number of thioether (sulfide) groups is 1. The predicted molar refractivity (Wildman–Crippen MR) is 63.8 cm³/mol. The number of rotatable bonds is 8. The summed E-state index contributed by atoms with van der Waals surface area (Å²) in [6.45, 7) is 4.11. The summed E-state index contributed by atoms with van der Waals surface area (Å²) >= 11 is 1.12. The predicted octanol–water partition coefficient (Wildman–Crippen LogP) is 2.32. The number of hydrogen-bond donors (Lipinski definition) is 2. The lowest BCUT2D eigenvalue weighted by molar-refractivity contribution is -0.139. The molecule has 1 atom stereocenters. The van der Waals surface area contributed by atoms with Crippen molar-refractivity contribution < 1.29 is 19.8 Å². The van der Waals surface area contributed by atoms with E-state index in [0.717, 1.165) is 29.5 Å². The Morgan fingerprint density at radius 1 is 1.25 bits per heavy atom. The fourth-order valence-corrected chi connectivity index (χ4v) is 2.13. The molecule has 0 aromatic rings. The number of nitrogens with zero attached hydrogens (tertiary/aromatic N) is 1. The topological polar surface area (TPSA) is 77.8 Å². The summed E-state index contributed by atoms with van der Waals surface area (Å²) in [5.41, 5.74) is 0. The van der Waals surface area contributed by atoms with Gasteiger partial charge >= 0.3 is 12.1 Å². The molecule has 0 aliphatic carbocycles. The third kappa shape index (κ3) is 5.25. The SMILES string of the molecule is CCCCCN(C(=O)O)C(SCC)C(=O)O. The molecule has 0 rings (SSSR count). The summed E-state index contributed by atoms with van der Waals surface area (Å²) in [7, 11) is 0. The summed E-state index contributed by atoms with van der Waals surface area (Å²) in [6.07, 6.45) is 1.43. The molecule has 0 saturated heterocycles. The molecule has 0 radical (unpaired) electrons. The molecule has 0 fully saturated rings. The Hall–Kier alpha value is -0.910. The molecular formula is C10H19NO4S. The van der Waals surface area contributed by atoms with Gasteiger partial charge in [0.1, 0.15) is 0 Å². The quantitative estimate of drug-likeness (QED) is 0.510. The van der Waals surface area contributed by atoms with Gasteiger partial charge in [-0.25, -0.2) is 9.59 Å². The largest absolute Gasteiger partial charge is 0.479 e. The van der Waals surface area contributed by atoms with Gasteiger partial charge in [-0.05, 0) is 12.2 Å². The van der Waals surface area contributed by atoms with E-state index in [1.165, 1.54) is 0 Å². The minimum Gasteiger partial charge on any atom is -0.479 e. The normalized spacial score (nSPS) is 12.1. The van der Waals surface area contributed by atoms with Gasteiger partial charge in [-0.3, -0.25) is 4.90 Å². The molecular weight excluding hydrogens is 230 g/mol. The summed E-state index contributed by atoms with van der Waals surface area (Å²) in [5.74, 6) is -0.514. The standard InChI is InChI=1S/C10H19NO4S/c1-3-5-6-7-11(10(14)15)8(9(12)13)16-4-2/h8H,3-7H2,1-2H3,(H,12,13)(H,14,15). The van der Waals surface area contributed by atoms with Crippen LogP contribution in [0, 0.1) is 0 Å². The first-order chi connectivity index (χ1) is 7.54. The van der Waals surface area contributed by atoms with Crippen molar-refractivity contribution >= 4 is 23.8 Å². The second-order valence-electron chi connectivity index (χ2n) is 3.33. The average Bonchev–Trinajstić information content (AvgIpc) is 2.21. The Labute approximate surface area is 99.8 Å².